The Balaban J connectivity index is 1.43. The van der Waals surface area contributed by atoms with E-state index in [9.17, 15) is 10.2 Å². The molecule has 0 radical (unpaired) electrons. The van der Waals surface area contributed by atoms with Crippen LogP contribution in [0.2, 0.25) is 0 Å². The van der Waals surface area contributed by atoms with E-state index in [1.165, 1.54) is 6.42 Å². The third kappa shape index (κ3) is 1.77. The molecule has 4 aliphatic carbocycles. The molecule has 4 bridgehead atoms. The molecular formula is C27H23NO4. The molecule has 5 heteroatoms. The van der Waals surface area contributed by atoms with Gasteiger partial charge in [-0.1, -0.05) is 30.4 Å². The quantitative estimate of drug-likeness (QED) is 0.314. The molecule has 5 nitrogen and oxygen atoms in total. The van der Waals surface area contributed by atoms with E-state index < -0.39 is 0 Å². The zero-order valence-electron chi connectivity index (χ0n) is 17.7. The van der Waals surface area contributed by atoms with Gasteiger partial charge < -0.3 is 19.4 Å². The predicted molar refractivity (Wildman–Crippen MR) is 121 cm³/mol. The number of aromatic hydroxyl groups is 2. The van der Waals surface area contributed by atoms with E-state index in [1.54, 1.807) is 11.7 Å². The molecule has 2 fully saturated rings. The maximum atomic E-state index is 11.6. The maximum absolute atomic E-state index is 11.6. The molecule has 0 aliphatic heterocycles. The number of nitrogens with zero attached hydrogens (tertiary/aromatic N) is 1. The number of hydrogen-bond acceptors (Lipinski definition) is 4. The summed E-state index contributed by atoms with van der Waals surface area (Å²) in [6.07, 6.45) is 7.07. The molecule has 2 saturated carbocycles. The Hall–Kier alpha value is -3.34. The maximum Gasteiger partial charge on any atom is 0.202 e. The Labute approximate surface area is 184 Å². The van der Waals surface area contributed by atoms with Crippen molar-refractivity contribution >= 4 is 21.9 Å². The van der Waals surface area contributed by atoms with E-state index in [-0.39, 0.29) is 11.8 Å². The van der Waals surface area contributed by atoms with Gasteiger partial charge in [0.1, 0.15) is 22.6 Å². The molecule has 0 spiro atoms. The second kappa shape index (κ2) is 5.52. The van der Waals surface area contributed by atoms with Crippen LogP contribution >= 0.6 is 0 Å². The third-order valence-electron chi connectivity index (χ3n) is 8.88. The summed E-state index contributed by atoms with van der Waals surface area (Å²) in [6, 6.07) is 11.6. The van der Waals surface area contributed by atoms with Gasteiger partial charge in [0.05, 0.1) is 12.5 Å². The van der Waals surface area contributed by atoms with Gasteiger partial charge in [-0.25, -0.2) is 4.57 Å². The standard InChI is InChI=1S/C27H23NO4/c1-31-19-9-8-18-22(14-4-2-3-5-17(14)32-18)25(19)28-26(29)23-15-11-16(24(23)27(28)30)21-13-7-6-12(10-13)20(15)21/h2-9,12-13,15-16,20-21,29-30H,10-11H2,1H3. The van der Waals surface area contributed by atoms with Crippen LogP contribution in [0.1, 0.15) is 35.8 Å². The number of furan rings is 1. The molecule has 4 aromatic rings. The number of aromatic nitrogens is 1. The van der Waals surface area contributed by atoms with E-state index in [1.807, 2.05) is 36.4 Å². The van der Waals surface area contributed by atoms with Crippen LogP contribution in [0.15, 0.2) is 53.0 Å². The van der Waals surface area contributed by atoms with Gasteiger partial charge in [-0.05, 0) is 66.5 Å². The molecule has 2 N–H and O–H groups in total. The molecule has 2 aromatic heterocycles. The normalized spacial score (nSPS) is 31.2. The first-order valence-corrected chi connectivity index (χ1v) is 11.5. The number of benzene rings is 2. The summed E-state index contributed by atoms with van der Waals surface area (Å²) >= 11 is 0. The van der Waals surface area contributed by atoms with Crippen LogP contribution in [0, 0.1) is 23.7 Å². The van der Waals surface area contributed by atoms with Crippen LogP contribution in [-0.4, -0.2) is 21.9 Å². The number of ether oxygens (including phenoxy) is 1. The summed E-state index contributed by atoms with van der Waals surface area (Å²) in [6.45, 7) is 0. The molecule has 4 aliphatic rings. The highest BCUT2D eigenvalue weighted by molar-refractivity contribution is 6.10. The predicted octanol–water partition coefficient (Wildman–Crippen LogP) is 5.82. The number of fused-ring (bicyclic) bond motifs is 15. The van der Waals surface area contributed by atoms with Crippen LogP contribution in [0.4, 0.5) is 0 Å². The van der Waals surface area contributed by atoms with Crippen molar-refractivity contribution in [1.82, 2.24) is 4.57 Å². The Kier molecular flexibility index (Phi) is 2.98. The van der Waals surface area contributed by atoms with Crippen molar-refractivity contribution in [1.29, 1.82) is 0 Å². The summed E-state index contributed by atoms with van der Waals surface area (Å²) in [5.74, 6) is 3.97. The summed E-state index contributed by atoms with van der Waals surface area (Å²) in [5.41, 5.74) is 4.04. The van der Waals surface area contributed by atoms with Gasteiger partial charge in [-0.2, -0.15) is 0 Å². The second-order valence-corrected chi connectivity index (χ2v) is 9.95. The van der Waals surface area contributed by atoms with Crippen LogP contribution in [0.5, 0.6) is 17.5 Å². The van der Waals surface area contributed by atoms with Crippen molar-refractivity contribution < 1.29 is 19.4 Å². The zero-order valence-corrected chi connectivity index (χ0v) is 17.7. The number of allylic oxidation sites excluding steroid dienone is 2. The summed E-state index contributed by atoms with van der Waals surface area (Å²) in [5, 5.41) is 24.9. The fourth-order valence-electron chi connectivity index (χ4n) is 7.93. The van der Waals surface area contributed by atoms with Crippen LogP contribution < -0.4 is 4.74 Å². The molecule has 0 saturated heterocycles. The van der Waals surface area contributed by atoms with Crippen molar-refractivity contribution in [3.05, 3.63) is 59.7 Å². The fourth-order valence-corrected chi connectivity index (χ4v) is 7.93. The topological polar surface area (TPSA) is 67.8 Å². The molecular weight excluding hydrogens is 402 g/mol. The molecule has 0 amide bonds. The summed E-state index contributed by atoms with van der Waals surface area (Å²) in [7, 11) is 1.62. The molecule has 2 aromatic carbocycles. The largest absolute Gasteiger partial charge is 0.495 e. The highest BCUT2D eigenvalue weighted by atomic mass is 16.5. The minimum Gasteiger partial charge on any atom is -0.495 e. The SMILES string of the molecule is COc1ccc2oc3ccccc3c2c1-n1c(O)c2c(c1O)C1CC2C2C3C=CC(C3)C12. The lowest BCUT2D eigenvalue weighted by Gasteiger charge is -2.31. The van der Waals surface area contributed by atoms with Crippen LogP contribution in [-0.2, 0) is 0 Å². The van der Waals surface area contributed by atoms with Crippen molar-refractivity contribution in [2.24, 2.45) is 23.7 Å². The van der Waals surface area contributed by atoms with Crippen molar-refractivity contribution in [3.63, 3.8) is 0 Å². The Morgan fingerprint density at radius 2 is 1.56 bits per heavy atom. The zero-order chi connectivity index (χ0) is 21.3. The highest BCUT2D eigenvalue weighted by Gasteiger charge is 2.62. The Morgan fingerprint density at radius 3 is 2.25 bits per heavy atom. The number of para-hydroxylation sites is 1. The van der Waals surface area contributed by atoms with E-state index >= 15 is 0 Å². The number of methoxy groups -OCH3 is 1. The number of hydrogen-bond donors (Lipinski definition) is 2. The average molecular weight is 425 g/mol. The first kappa shape index (κ1) is 17.2. The summed E-state index contributed by atoms with van der Waals surface area (Å²) < 4.78 is 13.4. The Bertz CT molecular complexity index is 1440. The van der Waals surface area contributed by atoms with Gasteiger partial charge >= 0.3 is 0 Å². The van der Waals surface area contributed by atoms with E-state index in [0.29, 0.717) is 52.5 Å². The molecule has 2 heterocycles. The van der Waals surface area contributed by atoms with Crippen molar-refractivity contribution in [2.75, 3.05) is 7.11 Å². The van der Waals surface area contributed by atoms with Gasteiger partial charge in [-0.3, -0.25) is 0 Å². The highest BCUT2D eigenvalue weighted by Crippen LogP contribution is 2.73. The molecule has 6 unspecified atom stereocenters. The lowest BCUT2D eigenvalue weighted by molar-refractivity contribution is 0.298. The minimum atomic E-state index is 0.159. The van der Waals surface area contributed by atoms with Gasteiger partial charge in [0.2, 0.25) is 11.8 Å². The summed E-state index contributed by atoms with van der Waals surface area (Å²) in [4.78, 5) is 0. The van der Waals surface area contributed by atoms with Gasteiger partial charge in [-0.15, -0.1) is 0 Å². The Morgan fingerprint density at radius 1 is 0.875 bits per heavy atom. The molecule has 32 heavy (non-hydrogen) atoms. The van der Waals surface area contributed by atoms with Crippen molar-refractivity contribution in [3.8, 4) is 23.2 Å². The molecule has 160 valence electrons. The molecule has 6 atom stereocenters. The van der Waals surface area contributed by atoms with E-state index in [0.717, 1.165) is 33.9 Å². The van der Waals surface area contributed by atoms with Crippen LogP contribution in [0.25, 0.3) is 27.6 Å². The van der Waals surface area contributed by atoms with E-state index in [2.05, 4.69) is 12.2 Å². The smallest absolute Gasteiger partial charge is 0.202 e. The monoisotopic (exact) mass is 425 g/mol. The first-order valence-electron chi connectivity index (χ1n) is 11.5. The first-order chi connectivity index (χ1) is 15.7. The van der Waals surface area contributed by atoms with Gasteiger partial charge in [0, 0.05) is 16.5 Å². The second-order valence-electron chi connectivity index (χ2n) is 9.95. The van der Waals surface area contributed by atoms with Crippen molar-refractivity contribution in [2.45, 2.75) is 24.7 Å². The minimum absolute atomic E-state index is 0.159. The average Bonchev–Trinajstić information content (AvgIpc) is 3.62. The fraction of sp³-hybridized carbons (Fsp3) is 0.333. The van der Waals surface area contributed by atoms with Gasteiger partial charge in [0.25, 0.3) is 0 Å². The number of rotatable bonds is 2. The lowest BCUT2D eigenvalue weighted by atomic mass is 9.72. The van der Waals surface area contributed by atoms with Gasteiger partial charge in [0.15, 0.2) is 0 Å². The third-order valence-corrected chi connectivity index (χ3v) is 8.88. The molecule has 8 rings (SSSR count). The lowest BCUT2D eigenvalue weighted by Crippen LogP contribution is -2.24. The van der Waals surface area contributed by atoms with Crippen LogP contribution in [0.3, 0.4) is 0 Å². The van der Waals surface area contributed by atoms with E-state index in [4.69, 9.17) is 9.15 Å².